The third-order valence-electron chi connectivity index (χ3n) is 2.59. The first kappa shape index (κ1) is 12.5. The van der Waals surface area contributed by atoms with Gasteiger partial charge in [0.15, 0.2) is 11.6 Å². The van der Waals surface area contributed by atoms with Gasteiger partial charge in [0, 0.05) is 18.3 Å². The Morgan fingerprint density at radius 3 is 2.78 bits per heavy atom. The lowest BCUT2D eigenvalue weighted by Gasteiger charge is -2.09. The molecule has 0 fully saturated rings. The molecule has 0 saturated carbocycles. The molecule has 0 spiro atoms. The first-order chi connectivity index (χ1) is 8.56. The van der Waals surface area contributed by atoms with Gasteiger partial charge in [0.1, 0.15) is 0 Å². The monoisotopic (exact) mass is 246 g/mol. The van der Waals surface area contributed by atoms with E-state index < -0.39 is 5.82 Å². The fourth-order valence-corrected chi connectivity index (χ4v) is 1.57. The molecular formula is C14H15FN2O. The number of aromatic nitrogens is 1. The van der Waals surface area contributed by atoms with Crippen molar-refractivity contribution in [1.29, 1.82) is 0 Å². The van der Waals surface area contributed by atoms with Crippen molar-refractivity contribution in [2.75, 3.05) is 0 Å². The predicted molar refractivity (Wildman–Crippen MR) is 68.1 cm³/mol. The van der Waals surface area contributed by atoms with Crippen molar-refractivity contribution in [3.05, 3.63) is 53.5 Å². The smallest absolute Gasteiger partial charge is 0.219 e. The molecular weight excluding hydrogens is 231 g/mol. The standard InChI is InChI=1S/C14H15FN2O/c1-9-3-4-12(15)13(7-9)18-14-8-11(10(2)16)5-6-17-14/h3-8,10H,16H2,1-2H3. The Morgan fingerprint density at radius 2 is 2.06 bits per heavy atom. The number of hydrogen-bond acceptors (Lipinski definition) is 3. The van der Waals surface area contributed by atoms with Crippen LogP contribution in [0, 0.1) is 12.7 Å². The van der Waals surface area contributed by atoms with E-state index in [0.717, 1.165) is 11.1 Å². The van der Waals surface area contributed by atoms with Gasteiger partial charge in [-0.2, -0.15) is 0 Å². The summed E-state index contributed by atoms with van der Waals surface area (Å²) in [6.07, 6.45) is 1.60. The highest BCUT2D eigenvalue weighted by Gasteiger charge is 2.07. The summed E-state index contributed by atoms with van der Waals surface area (Å²) in [5, 5.41) is 0. The molecule has 3 nitrogen and oxygen atoms in total. The third-order valence-corrected chi connectivity index (χ3v) is 2.59. The third kappa shape index (κ3) is 2.84. The number of aryl methyl sites for hydroxylation is 1. The van der Waals surface area contributed by atoms with Crippen LogP contribution in [0.3, 0.4) is 0 Å². The number of nitrogens with two attached hydrogens (primary N) is 1. The average Bonchev–Trinajstić information content (AvgIpc) is 2.34. The summed E-state index contributed by atoms with van der Waals surface area (Å²) < 4.78 is 19.0. The molecule has 0 aliphatic carbocycles. The summed E-state index contributed by atoms with van der Waals surface area (Å²) in [5.74, 6) is 0.104. The van der Waals surface area contributed by atoms with Crippen LogP contribution in [-0.4, -0.2) is 4.98 Å². The molecule has 0 aliphatic heterocycles. The molecule has 1 heterocycles. The molecule has 1 atom stereocenters. The second-order valence-electron chi connectivity index (χ2n) is 4.25. The van der Waals surface area contributed by atoms with Gasteiger partial charge in [-0.3, -0.25) is 0 Å². The normalized spacial score (nSPS) is 12.2. The first-order valence-electron chi connectivity index (χ1n) is 5.72. The number of halogens is 1. The van der Waals surface area contributed by atoms with Crippen molar-refractivity contribution in [1.82, 2.24) is 4.98 Å². The van der Waals surface area contributed by atoms with Gasteiger partial charge in [0.25, 0.3) is 0 Å². The first-order valence-corrected chi connectivity index (χ1v) is 5.72. The zero-order valence-electron chi connectivity index (χ0n) is 10.4. The second kappa shape index (κ2) is 5.14. The average molecular weight is 246 g/mol. The van der Waals surface area contributed by atoms with Crippen molar-refractivity contribution in [2.24, 2.45) is 5.73 Å². The summed E-state index contributed by atoms with van der Waals surface area (Å²) in [4.78, 5) is 4.04. The van der Waals surface area contributed by atoms with Crippen molar-refractivity contribution < 1.29 is 9.13 Å². The van der Waals surface area contributed by atoms with E-state index in [1.165, 1.54) is 6.07 Å². The lowest BCUT2D eigenvalue weighted by atomic mass is 10.1. The van der Waals surface area contributed by atoms with Crippen molar-refractivity contribution in [3.63, 3.8) is 0 Å². The molecule has 2 rings (SSSR count). The molecule has 0 aliphatic rings. The number of hydrogen-bond donors (Lipinski definition) is 1. The van der Waals surface area contributed by atoms with E-state index in [2.05, 4.69) is 4.98 Å². The van der Waals surface area contributed by atoms with E-state index >= 15 is 0 Å². The highest BCUT2D eigenvalue weighted by molar-refractivity contribution is 5.33. The Kier molecular flexibility index (Phi) is 3.58. The molecule has 94 valence electrons. The minimum Gasteiger partial charge on any atom is -0.436 e. The van der Waals surface area contributed by atoms with Crippen LogP contribution >= 0.6 is 0 Å². The summed E-state index contributed by atoms with van der Waals surface area (Å²) in [6, 6.07) is 8.11. The number of ether oxygens (including phenoxy) is 1. The number of nitrogens with zero attached hydrogens (tertiary/aromatic N) is 1. The molecule has 2 N–H and O–H groups in total. The Morgan fingerprint density at radius 1 is 1.28 bits per heavy atom. The van der Waals surface area contributed by atoms with Gasteiger partial charge in [-0.05, 0) is 43.2 Å². The highest BCUT2D eigenvalue weighted by atomic mass is 19.1. The van der Waals surface area contributed by atoms with E-state index in [9.17, 15) is 4.39 Å². The zero-order valence-corrected chi connectivity index (χ0v) is 10.4. The van der Waals surface area contributed by atoms with E-state index in [1.54, 1.807) is 24.4 Å². The molecule has 18 heavy (non-hydrogen) atoms. The van der Waals surface area contributed by atoms with Crippen LogP contribution < -0.4 is 10.5 Å². The number of rotatable bonds is 3. The van der Waals surface area contributed by atoms with Crippen LogP contribution in [0.2, 0.25) is 0 Å². The Bertz CT molecular complexity index is 555. The lowest BCUT2D eigenvalue weighted by Crippen LogP contribution is -2.05. The Hall–Kier alpha value is -1.94. The molecule has 1 aromatic heterocycles. The van der Waals surface area contributed by atoms with E-state index in [4.69, 9.17) is 10.5 Å². The molecule has 4 heteroatoms. The second-order valence-corrected chi connectivity index (χ2v) is 4.25. The molecule has 0 radical (unpaired) electrons. The van der Waals surface area contributed by atoms with Crippen LogP contribution in [0.4, 0.5) is 4.39 Å². The maximum Gasteiger partial charge on any atom is 0.219 e. The summed E-state index contributed by atoms with van der Waals surface area (Å²) in [5.41, 5.74) is 7.59. The maximum absolute atomic E-state index is 13.5. The van der Waals surface area contributed by atoms with Crippen LogP contribution in [-0.2, 0) is 0 Å². The molecule has 0 saturated heterocycles. The van der Waals surface area contributed by atoms with Gasteiger partial charge >= 0.3 is 0 Å². The van der Waals surface area contributed by atoms with Gasteiger partial charge < -0.3 is 10.5 Å². The largest absolute Gasteiger partial charge is 0.436 e. The molecule has 0 amide bonds. The van der Waals surface area contributed by atoms with Gasteiger partial charge in [-0.25, -0.2) is 9.37 Å². The van der Waals surface area contributed by atoms with Gasteiger partial charge in [0.2, 0.25) is 5.88 Å². The fourth-order valence-electron chi connectivity index (χ4n) is 1.57. The number of benzene rings is 1. The highest BCUT2D eigenvalue weighted by Crippen LogP contribution is 2.25. The zero-order chi connectivity index (χ0) is 13.1. The predicted octanol–water partition coefficient (Wildman–Crippen LogP) is 3.34. The summed E-state index contributed by atoms with van der Waals surface area (Å²) in [7, 11) is 0. The van der Waals surface area contributed by atoms with Crippen molar-refractivity contribution in [3.8, 4) is 11.6 Å². The van der Waals surface area contributed by atoms with Crippen LogP contribution in [0.25, 0.3) is 0 Å². The minimum atomic E-state index is -0.409. The van der Waals surface area contributed by atoms with E-state index in [0.29, 0.717) is 5.88 Å². The van der Waals surface area contributed by atoms with Gasteiger partial charge in [0.05, 0.1) is 0 Å². The van der Waals surface area contributed by atoms with Crippen LogP contribution in [0.1, 0.15) is 24.1 Å². The quantitative estimate of drug-likeness (QED) is 0.903. The van der Waals surface area contributed by atoms with Crippen molar-refractivity contribution >= 4 is 0 Å². The number of pyridine rings is 1. The lowest BCUT2D eigenvalue weighted by molar-refractivity contribution is 0.426. The van der Waals surface area contributed by atoms with Gasteiger partial charge in [-0.15, -0.1) is 0 Å². The minimum absolute atomic E-state index is 0.113. The Balaban J connectivity index is 2.28. The van der Waals surface area contributed by atoms with Gasteiger partial charge in [-0.1, -0.05) is 6.07 Å². The molecule has 1 unspecified atom stereocenters. The van der Waals surface area contributed by atoms with Crippen molar-refractivity contribution in [2.45, 2.75) is 19.9 Å². The SMILES string of the molecule is Cc1ccc(F)c(Oc2cc(C(C)N)ccn2)c1. The summed E-state index contributed by atoms with van der Waals surface area (Å²) in [6.45, 7) is 3.74. The topological polar surface area (TPSA) is 48.1 Å². The van der Waals surface area contributed by atoms with E-state index in [1.807, 2.05) is 19.9 Å². The maximum atomic E-state index is 13.5. The molecule has 1 aromatic carbocycles. The van der Waals surface area contributed by atoms with Crippen LogP contribution in [0.5, 0.6) is 11.6 Å². The Labute approximate surface area is 105 Å². The summed E-state index contributed by atoms with van der Waals surface area (Å²) >= 11 is 0. The van der Waals surface area contributed by atoms with E-state index in [-0.39, 0.29) is 11.8 Å². The molecule has 0 bridgehead atoms. The fraction of sp³-hybridized carbons (Fsp3) is 0.214. The molecule has 2 aromatic rings. The van der Waals surface area contributed by atoms with Crippen LogP contribution in [0.15, 0.2) is 36.5 Å².